The van der Waals surface area contributed by atoms with E-state index in [2.05, 4.69) is 87.2 Å². The smallest absolute Gasteiger partial charge is 0.131 e. The van der Waals surface area contributed by atoms with Crippen LogP contribution in [0.2, 0.25) is 0 Å². The molecule has 2 aliphatic rings. The van der Waals surface area contributed by atoms with E-state index in [0.717, 1.165) is 50.9 Å². The van der Waals surface area contributed by atoms with Crippen LogP contribution in [0.3, 0.4) is 0 Å². The molecule has 3 aromatic carbocycles. The highest BCUT2D eigenvalue weighted by molar-refractivity contribution is 7.99. The molecular formula is C25H24N4OS. The van der Waals surface area contributed by atoms with E-state index in [-0.39, 0.29) is 0 Å². The normalized spacial score (nSPS) is 16.3. The lowest BCUT2D eigenvalue weighted by molar-refractivity contribution is 0.0236. The van der Waals surface area contributed by atoms with E-state index in [0.29, 0.717) is 0 Å². The van der Waals surface area contributed by atoms with Crippen LogP contribution in [-0.2, 0) is 18.0 Å². The average molecular weight is 429 g/mol. The molecule has 6 rings (SSSR count). The summed E-state index contributed by atoms with van der Waals surface area (Å²) in [6, 6.07) is 25.8. The fraction of sp³-hybridized carbons (Fsp3) is 0.240. The van der Waals surface area contributed by atoms with Gasteiger partial charge in [0.2, 0.25) is 0 Å². The lowest BCUT2D eigenvalue weighted by Crippen LogP contribution is -2.38. The highest BCUT2D eigenvalue weighted by atomic mass is 32.2. The number of rotatable bonds is 4. The topological polar surface area (TPSA) is 33.5 Å². The maximum Gasteiger partial charge on any atom is 0.131 e. The van der Waals surface area contributed by atoms with Crippen molar-refractivity contribution in [2.75, 3.05) is 31.2 Å². The van der Waals surface area contributed by atoms with Gasteiger partial charge in [0.25, 0.3) is 0 Å². The first-order valence-corrected chi connectivity index (χ1v) is 11.6. The zero-order chi connectivity index (χ0) is 20.6. The number of para-hydroxylation sites is 4. The van der Waals surface area contributed by atoms with Crippen LogP contribution in [-0.4, -0.2) is 40.8 Å². The highest BCUT2D eigenvalue weighted by Crippen LogP contribution is 2.48. The Hall–Kier alpha value is -2.80. The molecule has 5 nitrogen and oxygen atoms in total. The number of ether oxygens (including phenoxy) is 1. The summed E-state index contributed by atoms with van der Waals surface area (Å²) >= 11 is 1.84. The van der Waals surface area contributed by atoms with Crippen molar-refractivity contribution in [2.24, 2.45) is 0 Å². The summed E-state index contributed by atoms with van der Waals surface area (Å²) in [5, 5.41) is 0. The Bertz CT molecular complexity index is 1190. The van der Waals surface area contributed by atoms with Gasteiger partial charge in [-0.15, -0.1) is 0 Å². The van der Waals surface area contributed by atoms with E-state index < -0.39 is 0 Å². The van der Waals surface area contributed by atoms with Gasteiger partial charge < -0.3 is 14.2 Å². The van der Waals surface area contributed by atoms with Crippen LogP contribution in [0.1, 0.15) is 5.82 Å². The van der Waals surface area contributed by atoms with Gasteiger partial charge in [-0.3, -0.25) is 4.90 Å². The third kappa shape index (κ3) is 3.51. The maximum atomic E-state index is 5.56. The molecule has 0 unspecified atom stereocenters. The molecular weight excluding hydrogens is 404 g/mol. The number of aromatic nitrogens is 2. The third-order valence-electron chi connectivity index (χ3n) is 6.01. The standard InChI is InChI=1S/C25H24N4OS/c1-2-8-20-19(7-1)26-25(29(20)18-27-13-15-30-16-14-27)17-28-21-9-3-5-11-23(21)31-24-12-6-4-10-22(24)28/h1-12H,13-18H2. The van der Waals surface area contributed by atoms with Gasteiger partial charge >= 0.3 is 0 Å². The molecule has 156 valence electrons. The molecule has 0 N–H and O–H groups in total. The van der Waals surface area contributed by atoms with Crippen molar-refractivity contribution < 1.29 is 4.74 Å². The molecule has 1 fully saturated rings. The van der Waals surface area contributed by atoms with Crippen LogP contribution in [0.5, 0.6) is 0 Å². The fourth-order valence-electron chi connectivity index (χ4n) is 4.44. The lowest BCUT2D eigenvalue weighted by atomic mass is 10.2. The molecule has 0 aliphatic carbocycles. The summed E-state index contributed by atoms with van der Waals surface area (Å²) in [4.78, 5) is 12.5. The Balaban J connectivity index is 1.43. The molecule has 1 saturated heterocycles. The van der Waals surface area contributed by atoms with Gasteiger partial charge in [-0.05, 0) is 36.4 Å². The molecule has 31 heavy (non-hydrogen) atoms. The van der Waals surface area contributed by atoms with Crippen molar-refractivity contribution in [3.05, 3.63) is 78.6 Å². The maximum absolute atomic E-state index is 5.56. The molecule has 2 aliphatic heterocycles. The monoisotopic (exact) mass is 428 g/mol. The molecule has 0 saturated carbocycles. The Morgan fingerprint density at radius 1 is 0.806 bits per heavy atom. The number of fused-ring (bicyclic) bond motifs is 3. The van der Waals surface area contributed by atoms with E-state index in [1.54, 1.807) is 0 Å². The Morgan fingerprint density at radius 3 is 2.19 bits per heavy atom. The van der Waals surface area contributed by atoms with Crippen molar-refractivity contribution in [1.82, 2.24) is 14.5 Å². The molecule has 3 heterocycles. The summed E-state index contributed by atoms with van der Waals surface area (Å²) in [5.74, 6) is 1.09. The van der Waals surface area contributed by atoms with E-state index in [1.165, 1.54) is 26.7 Å². The van der Waals surface area contributed by atoms with E-state index >= 15 is 0 Å². The van der Waals surface area contributed by atoms with Gasteiger partial charge in [0.15, 0.2) is 0 Å². The van der Waals surface area contributed by atoms with Gasteiger partial charge in [0.05, 0.1) is 48.8 Å². The quantitative estimate of drug-likeness (QED) is 0.450. The van der Waals surface area contributed by atoms with E-state index in [9.17, 15) is 0 Å². The number of benzene rings is 3. The summed E-state index contributed by atoms with van der Waals surface area (Å²) in [6.45, 7) is 5.08. The van der Waals surface area contributed by atoms with Crippen LogP contribution in [0, 0.1) is 0 Å². The van der Waals surface area contributed by atoms with Crippen LogP contribution < -0.4 is 4.90 Å². The van der Waals surface area contributed by atoms with Crippen molar-refractivity contribution >= 4 is 34.2 Å². The predicted molar refractivity (Wildman–Crippen MR) is 125 cm³/mol. The molecule has 0 bridgehead atoms. The largest absolute Gasteiger partial charge is 0.379 e. The molecule has 0 spiro atoms. The zero-order valence-corrected chi connectivity index (χ0v) is 18.1. The molecule has 4 aromatic rings. The molecule has 1 aromatic heterocycles. The third-order valence-corrected chi connectivity index (χ3v) is 7.14. The Kier molecular flexibility index (Phi) is 4.91. The number of imidazole rings is 1. The van der Waals surface area contributed by atoms with Gasteiger partial charge in [0.1, 0.15) is 5.82 Å². The van der Waals surface area contributed by atoms with E-state index in [1.807, 2.05) is 11.8 Å². The lowest BCUT2D eigenvalue weighted by Gasteiger charge is -2.33. The second-order valence-corrected chi connectivity index (χ2v) is 9.02. The van der Waals surface area contributed by atoms with Crippen LogP contribution in [0.25, 0.3) is 11.0 Å². The second-order valence-electron chi connectivity index (χ2n) is 7.94. The van der Waals surface area contributed by atoms with Crippen LogP contribution in [0.15, 0.2) is 82.6 Å². The number of hydrogen-bond acceptors (Lipinski definition) is 5. The average Bonchev–Trinajstić information content (AvgIpc) is 3.16. The minimum Gasteiger partial charge on any atom is -0.379 e. The number of hydrogen-bond donors (Lipinski definition) is 0. The van der Waals surface area contributed by atoms with Crippen LogP contribution >= 0.6 is 11.8 Å². The summed E-state index contributed by atoms with van der Waals surface area (Å²) in [6.07, 6.45) is 0. The van der Waals surface area contributed by atoms with Crippen molar-refractivity contribution in [3.63, 3.8) is 0 Å². The van der Waals surface area contributed by atoms with Gasteiger partial charge in [-0.2, -0.15) is 0 Å². The molecule has 0 amide bonds. The fourth-order valence-corrected chi connectivity index (χ4v) is 5.54. The zero-order valence-electron chi connectivity index (χ0n) is 17.3. The number of nitrogens with zero attached hydrogens (tertiary/aromatic N) is 4. The minimum absolute atomic E-state index is 0.730. The van der Waals surface area contributed by atoms with Crippen LogP contribution in [0.4, 0.5) is 11.4 Å². The van der Waals surface area contributed by atoms with Crippen molar-refractivity contribution in [1.29, 1.82) is 0 Å². The number of morpholine rings is 1. The van der Waals surface area contributed by atoms with Gasteiger partial charge in [0, 0.05) is 22.9 Å². The predicted octanol–water partition coefficient (Wildman–Crippen LogP) is 5.13. The molecule has 6 heteroatoms. The first-order chi connectivity index (χ1) is 15.4. The Morgan fingerprint density at radius 2 is 1.45 bits per heavy atom. The number of anilines is 2. The van der Waals surface area contributed by atoms with Crippen molar-refractivity contribution in [2.45, 2.75) is 23.0 Å². The van der Waals surface area contributed by atoms with Gasteiger partial charge in [-0.1, -0.05) is 48.2 Å². The second kappa shape index (κ2) is 8.04. The van der Waals surface area contributed by atoms with Gasteiger partial charge in [-0.25, -0.2) is 4.98 Å². The van der Waals surface area contributed by atoms with E-state index in [4.69, 9.17) is 9.72 Å². The summed E-state index contributed by atoms with van der Waals surface area (Å²) < 4.78 is 7.94. The molecule has 0 atom stereocenters. The summed E-state index contributed by atoms with van der Waals surface area (Å²) in [7, 11) is 0. The molecule has 0 radical (unpaired) electrons. The Labute approximate surface area is 186 Å². The first-order valence-electron chi connectivity index (χ1n) is 10.7. The summed E-state index contributed by atoms with van der Waals surface area (Å²) in [5.41, 5.74) is 4.74. The van der Waals surface area contributed by atoms with Crippen molar-refractivity contribution in [3.8, 4) is 0 Å². The SMILES string of the molecule is c1ccc2c(c1)Sc1ccccc1N2Cc1nc2ccccc2n1CN1CCOCC1. The first kappa shape index (κ1) is 18.9. The minimum atomic E-state index is 0.730. The highest BCUT2D eigenvalue weighted by Gasteiger charge is 2.25.